The SMILES string of the molecule is CCS(=O)(=O)c1ccccc1C(=O)OCC(=O)Nc1ccc(C(C)C)cc1. The van der Waals surface area contributed by atoms with E-state index in [-0.39, 0.29) is 16.2 Å². The van der Waals surface area contributed by atoms with Gasteiger partial charge in [-0.1, -0.05) is 45.0 Å². The molecule has 0 aliphatic heterocycles. The van der Waals surface area contributed by atoms with Crippen molar-refractivity contribution in [2.24, 2.45) is 0 Å². The molecular weight excluding hydrogens is 366 g/mol. The van der Waals surface area contributed by atoms with Crippen LogP contribution in [0.5, 0.6) is 0 Å². The summed E-state index contributed by atoms with van der Waals surface area (Å²) in [6, 6.07) is 13.2. The maximum absolute atomic E-state index is 12.2. The van der Waals surface area contributed by atoms with E-state index in [9.17, 15) is 18.0 Å². The van der Waals surface area contributed by atoms with E-state index in [1.807, 2.05) is 12.1 Å². The summed E-state index contributed by atoms with van der Waals surface area (Å²) < 4.78 is 29.2. The number of ether oxygens (including phenoxy) is 1. The fourth-order valence-corrected chi connectivity index (χ4v) is 3.50. The van der Waals surface area contributed by atoms with Gasteiger partial charge in [0.1, 0.15) is 0 Å². The van der Waals surface area contributed by atoms with Gasteiger partial charge in [-0.05, 0) is 35.7 Å². The Morgan fingerprint density at radius 3 is 2.26 bits per heavy atom. The summed E-state index contributed by atoms with van der Waals surface area (Å²) in [5, 5.41) is 2.64. The second kappa shape index (κ2) is 8.81. The minimum absolute atomic E-state index is 0.0755. The molecule has 2 rings (SSSR count). The standard InChI is InChI=1S/C20H23NO5S/c1-4-27(24,25)18-8-6-5-7-17(18)20(23)26-13-19(22)21-16-11-9-15(10-12-16)14(2)3/h5-12,14H,4,13H2,1-3H3,(H,21,22). The number of esters is 1. The van der Waals surface area contributed by atoms with Crippen LogP contribution in [-0.2, 0) is 19.4 Å². The van der Waals surface area contributed by atoms with Crippen molar-refractivity contribution in [1.82, 2.24) is 0 Å². The molecule has 7 heteroatoms. The fourth-order valence-electron chi connectivity index (χ4n) is 2.42. The Labute approximate surface area is 159 Å². The summed E-state index contributed by atoms with van der Waals surface area (Å²) in [5.41, 5.74) is 1.66. The number of sulfone groups is 1. The minimum atomic E-state index is -3.57. The molecule has 1 amide bonds. The quantitative estimate of drug-likeness (QED) is 0.733. The number of hydrogen-bond donors (Lipinski definition) is 1. The van der Waals surface area contributed by atoms with Gasteiger partial charge in [-0.15, -0.1) is 0 Å². The zero-order valence-electron chi connectivity index (χ0n) is 15.6. The number of rotatable bonds is 7. The molecule has 0 saturated carbocycles. The number of hydrogen-bond acceptors (Lipinski definition) is 5. The van der Waals surface area contributed by atoms with Gasteiger partial charge in [0, 0.05) is 5.69 Å². The molecule has 0 aromatic heterocycles. The second-order valence-corrected chi connectivity index (χ2v) is 8.55. The lowest BCUT2D eigenvalue weighted by Crippen LogP contribution is -2.22. The van der Waals surface area contributed by atoms with Gasteiger partial charge >= 0.3 is 5.97 Å². The Hall–Kier alpha value is -2.67. The predicted octanol–water partition coefficient (Wildman–Crippen LogP) is 3.40. The fraction of sp³-hybridized carbons (Fsp3) is 0.300. The van der Waals surface area contributed by atoms with Crippen molar-refractivity contribution < 1.29 is 22.7 Å². The van der Waals surface area contributed by atoms with Crippen LogP contribution in [0, 0.1) is 0 Å². The average molecular weight is 389 g/mol. The van der Waals surface area contributed by atoms with Crippen molar-refractivity contribution in [3.8, 4) is 0 Å². The Morgan fingerprint density at radius 1 is 1.04 bits per heavy atom. The van der Waals surface area contributed by atoms with Crippen LogP contribution in [0.15, 0.2) is 53.4 Å². The van der Waals surface area contributed by atoms with E-state index in [0.29, 0.717) is 11.6 Å². The Morgan fingerprint density at radius 2 is 1.67 bits per heavy atom. The summed E-state index contributed by atoms with van der Waals surface area (Å²) >= 11 is 0. The molecule has 0 radical (unpaired) electrons. The van der Waals surface area contributed by atoms with E-state index in [0.717, 1.165) is 5.56 Å². The third-order valence-corrected chi connectivity index (χ3v) is 5.80. The molecule has 6 nitrogen and oxygen atoms in total. The highest BCUT2D eigenvalue weighted by Gasteiger charge is 2.22. The Balaban J connectivity index is 2.01. The van der Waals surface area contributed by atoms with Crippen molar-refractivity contribution in [1.29, 1.82) is 0 Å². The normalized spacial score (nSPS) is 11.3. The molecule has 2 aromatic carbocycles. The molecule has 0 aliphatic carbocycles. The minimum Gasteiger partial charge on any atom is -0.452 e. The van der Waals surface area contributed by atoms with Gasteiger partial charge in [0.25, 0.3) is 5.91 Å². The predicted molar refractivity (Wildman–Crippen MR) is 104 cm³/mol. The highest BCUT2D eigenvalue weighted by Crippen LogP contribution is 2.19. The molecule has 0 saturated heterocycles. The number of carbonyl (C=O) groups excluding carboxylic acids is 2. The van der Waals surface area contributed by atoms with Gasteiger partial charge in [0.15, 0.2) is 16.4 Å². The molecule has 27 heavy (non-hydrogen) atoms. The van der Waals surface area contributed by atoms with Crippen LogP contribution in [0.2, 0.25) is 0 Å². The number of anilines is 1. The largest absolute Gasteiger partial charge is 0.452 e. The summed E-state index contributed by atoms with van der Waals surface area (Å²) in [6.45, 7) is 5.13. The molecule has 0 aliphatic rings. The van der Waals surface area contributed by atoms with E-state index in [1.54, 1.807) is 18.2 Å². The van der Waals surface area contributed by atoms with Crippen molar-refractivity contribution in [3.63, 3.8) is 0 Å². The molecule has 0 bridgehead atoms. The average Bonchev–Trinajstić information content (AvgIpc) is 2.66. The Bertz CT molecular complexity index is 918. The van der Waals surface area contributed by atoms with Gasteiger partial charge < -0.3 is 10.1 Å². The van der Waals surface area contributed by atoms with Crippen LogP contribution >= 0.6 is 0 Å². The topological polar surface area (TPSA) is 89.5 Å². The third kappa shape index (κ3) is 5.40. The lowest BCUT2D eigenvalue weighted by Gasteiger charge is -2.10. The first-order valence-corrected chi connectivity index (χ1v) is 10.3. The molecule has 1 N–H and O–H groups in total. The summed E-state index contributed by atoms with van der Waals surface area (Å²) in [7, 11) is -3.57. The number of amides is 1. The molecule has 144 valence electrons. The van der Waals surface area contributed by atoms with Crippen molar-refractivity contribution in [2.75, 3.05) is 17.7 Å². The zero-order valence-corrected chi connectivity index (χ0v) is 16.4. The first-order chi connectivity index (χ1) is 12.7. The number of carbonyl (C=O) groups is 2. The maximum Gasteiger partial charge on any atom is 0.339 e. The maximum atomic E-state index is 12.2. The molecule has 0 unspecified atom stereocenters. The van der Waals surface area contributed by atoms with Crippen molar-refractivity contribution in [2.45, 2.75) is 31.6 Å². The van der Waals surface area contributed by atoms with Crippen molar-refractivity contribution >= 4 is 27.4 Å². The van der Waals surface area contributed by atoms with Gasteiger partial charge in [-0.2, -0.15) is 0 Å². The number of nitrogens with one attached hydrogen (secondary N) is 1. The molecule has 0 fully saturated rings. The van der Waals surface area contributed by atoms with Crippen molar-refractivity contribution in [3.05, 3.63) is 59.7 Å². The summed E-state index contributed by atoms with van der Waals surface area (Å²) in [5.74, 6) is -1.11. The molecule has 2 aromatic rings. The summed E-state index contributed by atoms with van der Waals surface area (Å²) in [6.07, 6.45) is 0. The van der Waals surface area contributed by atoms with Crippen LogP contribution in [0.25, 0.3) is 0 Å². The van der Waals surface area contributed by atoms with E-state index in [4.69, 9.17) is 4.74 Å². The molecule has 0 atom stereocenters. The van der Waals surface area contributed by atoms with Crippen LogP contribution < -0.4 is 5.32 Å². The van der Waals surface area contributed by atoms with Crippen LogP contribution in [-0.4, -0.2) is 32.7 Å². The first-order valence-electron chi connectivity index (χ1n) is 8.63. The zero-order chi connectivity index (χ0) is 20.0. The van der Waals surface area contributed by atoms with E-state index >= 15 is 0 Å². The Kier molecular flexibility index (Phi) is 6.74. The van der Waals surface area contributed by atoms with Gasteiger partial charge in [0.05, 0.1) is 16.2 Å². The van der Waals surface area contributed by atoms with Gasteiger partial charge in [-0.25, -0.2) is 13.2 Å². The van der Waals surface area contributed by atoms with Crippen LogP contribution in [0.4, 0.5) is 5.69 Å². The van der Waals surface area contributed by atoms with E-state index in [1.165, 1.54) is 25.1 Å². The molecular formula is C20H23NO5S. The highest BCUT2D eigenvalue weighted by atomic mass is 32.2. The third-order valence-electron chi connectivity index (χ3n) is 4.02. The highest BCUT2D eigenvalue weighted by molar-refractivity contribution is 7.91. The van der Waals surface area contributed by atoms with E-state index in [2.05, 4.69) is 19.2 Å². The second-order valence-electron chi connectivity index (χ2n) is 6.30. The lowest BCUT2D eigenvalue weighted by atomic mass is 10.0. The summed E-state index contributed by atoms with van der Waals surface area (Å²) in [4.78, 5) is 24.1. The van der Waals surface area contributed by atoms with Crippen LogP contribution in [0.1, 0.15) is 42.6 Å². The first kappa shape index (κ1) is 20.6. The molecule has 0 spiro atoms. The smallest absolute Gasteiger partial charge is 0.339 e. The van der Waals surface area contributed by atoms with Gasteiger partial charge in [0.2, 0.25) is 0 Å². The lowest BCUT2D eigenvalue weighted by molar-refractivity contribution is -0.119. The van der Waals surface area contributed by atoms with E-state index < -0.39 is 28.3 Å². The monoisotopic (exact) mass is 389 g/mol. The van der Waals surface area contributed by atoms with Crippen LogP contribution in [0.3, 0.4) is 0 Å². The van der Waals surface area contributed by atoms with Gasteiger partial charge in [-0.3, -0.25) is 4.79 Å². The number of benzene rings is 2. The molecule has 0 heterocycles.